The molecule has 8 nitrogen and oxygen atoms in total. The summed E-state index contributed by atoms with van der Waals surface area (Å²) in [6, 6.07) is 37.6. The van der Waals surface area contributed by atoms with Crippen molar-refractivity contribution in [2.45, 2.75) is 0 Å². The molecule has 0 spiro atoms. The van der Waals surface area contributed by atoms with Crippen LogP contribution >= 0.6 is 0 Å². The molecule has 0 fully saturated rings. The smallest absolute Gasteiger partial charge is 0.255 e. The van der Waals surface area contributed by atoms with E-state index in [0.717, 1.165) is 0 Å². The molecule has 206 valence electrons. The van der Waals surface area contributed by atoms with E-state index in [1.165, 1.54) is 0 Å². The van der Waals surface area contributed by atoms with Crippen LogP contribution in [0.2, 0.25) is 0 Å². The van der Waals surface area contributed by atoms with Crippen LogP contribution < -0.4 is 21.3 Å². The first-order chi connectivity index (χ1) is 20.4. The van der Waals surface area contributed by atoms with Gasteiger partial charge >= 0.3 is 0 Å². The van der Waals surface area contributed by atoms with Gasteiger partial charge in [-0.2, -0.15) is 0 Å². The lowest BCUT2D eigenvalue weighted by molar-refractivity contribution is 0.101. The van der Waals surface area contributed by atoms with Crippen LogP contribution in [0.3, 0.4) is 0 Å². The Bertz CT molecular complexity index is 1570. The molecule has 5 aromatic rings. The van der Waals surface area contributed by atoms with Gasteiger partial charge < -0.3 is 21.3 Å². The second-order valence-electron chi connectivity index (χ2n) is 9.28. The summed E-state index contributed by atoms with van der Waals surface area (Å²) in [6.45, 7) is 0. The fourth-order valence-corrected chi connectivity index (χ4v) is 4.04. The van der Waals surface area contributed by atoms with Crippen LogP contribution in [0.4, 0.5) is 22.7 Å². The van der Waals surface area contributed by atoms with Gasteiger partial charge in [-0.25, -0.2) is 0 Å². The van der Waals surface area contributed by atoms with E-state index in [0.29, 0.717) is 45.0 Å². The van der Waals surface area contributed by atoms with Crippen molar-refractivity contribution in [2.75, 3.05) is 21.3 Å². The van der Waals surface area contributed by atoms with Crippen molar-refractivity contribution in [3.05, 3.63) is 156 Å². The maximum absolute atomic E-state index is 12.7. The molecule has 0 atom stereocenters. The number of carbonyl (C=O) groups excluding carboxylic acids is 4. The number of hydrogen-bond donors (Lipinski definition) is 4. The summed E-state index contributed by atoms with van der Waals surface area (Å²) in [7, 11) is 0. The Kier molecular flexibility index (Phi) is 8.45. The molecular formula is C34H26N4O4. The van der Waals surface area contributed by atoms with E-state index in [-0.39, 0.29) is 23.6 Å². The van der Waals surface area contributed by atoms with E-state index >= 15 is 0 Å². The molecular weight excluding hydrogens is 528 g/mol. The van der Waals surface area contributed by atoms with Crippen LogP contribution in [0.1, 0.15) is 41.4 Å². The Labute approximate surface area is 242 Å². The molecule has 8 heteroatoms. The summed E-state index contributed by atoms with van der Waals surface area (Å²) in [4.78, 5) is 50.3. The Balaban J connectivity index is 1.13. The molecule has 0 aliphatic heterocycles. The molecule has 0 heterocycles. The van der Waals surface area contributed by atoms with E-state index in [2.05, 4.69) is 21.3 Å². The highest BCUT2D eigenvalue weighted by Gasteiger charge is 2.12. The predicted molar refractivity (Wildman–Crippen MR) is 164 cm³/mol. The molecule has 5 rings (SSSR count). The number of para-hydroxylation sites is 2. The van der Waals surface area contributed by atoms with Crippen molar-refractivity contribution in [3.8, 4) is 0 Å². The fraction of sp³-hybridized carbons (Fsp3) is 0. The predicted octanol–water partition coefficient (Wildman–Crippen LogP) is 6.70. The summed E-state index contributed by atoms with van der Waals surface area (Å²) < 4.78 is 0. The zero-order chi connectivity index (χ0) is 29.3. The molecule has 0 saturated carbocycles. The van der Waals surface area contributed by atoms with E-state index in [9.17, 15) is 19.2 Å². The Hall–Kier alpha value is -6.02. The number of anilines is 4. The number of benzene rings is 5. The summed E-state index contributed by atoms with van der Waals surface area (Å²) in [5, 5.41) is 11.2. The zero-order valence-electron chi connectivity index (χ0n) is 22.3. The molecule has 4 amide bonds. The molecule has 0 aromatic heterocycles. The van der Waals surface area contributed by atoms with Gasteiger partial charge in [-0.3, -0.25) is 19.2 Å². The van der Waals surface area contributed by atoms with Gasteiger partial charge in [0.15, 0.2) is 0 Å². The van der Waals surface area contributed by atoms with Gasteiger partial charge in [-0.1, -0.05) is 36.4 Å². The summed E-state index contributed by atoms with van der Waals surface area (Å²) in [6.07, 6.45) is 0. The maximum Gasteiger partial charge on any atom is 0.255 e. The minimum Gasteiger partial charge on any atom is -0.322 e. The molecule has 0 aliphatic carbocycles. The second kappa shape index (κ2) is 12.9. The Morgan fingerprint density at radius 3 is 0.738 bits per heavy atom. The molecule has 0 bridgehead atoms. The Morgan fingerprint density at radius 2 is 0.500 bits per heavy atom. The number of nitrogens with one attached hydrogen (secondary N) is 4. The van der Waals surface area contributed by atoms with E-state index < -0.39 is 0 Å². The van der Waals surface area contributed by atoms with E-state index in [1.54, 1.807) is 97.1 Å². The van der Waals surface area contributed by atoms with Crippen molar-refractivity contribution in [1.82, 2.24) is 0 Å². The minimum atomic E-state index is -0.335. The SMILES string of the molecule is O=C(Nc1ccccc1)c1ccc(C(=O)Nc2ccc(NC(=O)c3ccc(C(=O)Nc4ccccc4)cc3)cc2)cc1. The van der Waals surface area contributed by atoms with Crippen LogP contribution in [-0.4, -0.2) is 23.6 Å². The fourth-order valence-electron chi connectivity index (χ4n) is 4.04. The zero-order valence-corrected chi connectivity index (χ0v) is 22.3. The third-order valence-corrected chi connectivity index (χ3v) is 6.28. The first kappa shape index (κ1) is 27.5. The monoisotopic (exact) mass is 554 g/mol. The average Bonchev–Trinajstić information content (AvgIpc) is 3.03. The van der Waals surface area contributed by atoms with E-state index in [1.807, 2.05) is 36.4 Å². The van der Waals surface area contributed by atoms with Gasteiger partial charge in [0.1, 0.15) is 0 Å². The van der Waals surface area contributed by atoms with Crippen LogP contribution in [0, 0.1) is 0 Å². The second-order valence-corrected chi connectivity index (χ2v) is 9.28. The molecule has 0 aliphatic rings. The standard InChI is InChI=1S/C34H26N4O4/c39-31(35-27-7-3-1-4-8-27)23-11-15-25(16-12-23)33(41)37-29-19-21-30(22-20-29)38-34(42)26-17-13-24(14-18-26)32(40)36-28-9-5-2-6-10-28/h1-22H,(H,35,39)(H,36,40)(H,37,41)(H,38,42). The normalized spacial score (nSPS) is 10.3. The third kappa shape index (κ3) is 7.13. The molecule has 42 heavy (non-hydrogen) atoms. The summed E-state index contributed by atoms with van der Waals surface area (Å²) >= 11 is 0. The lowest BCUT2D eigenvalue weighted by atomic mass is 10.1. The number of rotatable bonds is 8. The van der Waals surface area contributed by atoms with Crippen LogP contribution in [0.5, 0.6) is 0 Å². The van der Waals surface area contributed by atoms with Crippen molar-refractivity contribution >= 4 is 46.4 Å². The van der Waals surface area contributed by atoms with Gasteiger partial charge in [0.05, 0.1) is 0 Å². The summed E-state index contributed by atoms with van der Waals surface area (Å²) in [5.74, 6) is -1.21. The van der Waals surface area contributed by atoms with E-state index in [4.69, 9.17) is 0 Å². The lowest BCUT2D eigenvalue weighted by Crippen LogP contribution is -2.15. The largest absolute Gasteiger partial charge is 0.322 e. The topological polar surface area (TPSA) is 116 Å². The molecule has 0 unspecified atom stereocenters. The van der Waals surface area contributed by atoms with Gasteiger partial charge in [-0.15, -0.1) is 0 Å². The number of carbonyl (C=O) groups is 4. The van der Waals surface area contributed by atoms with Crippen molar-refractivity contribution in [2.24, 2.45) is 0 Å². The van der Waals surface area contributed by atoms with Crippen LogP contribution in [-0.2, 0) is 0 Å². The average molecular weight is 555 g/mol. The van der Waals surface area contributed by atoms with Crippen molar-refractivity contribution in [3.63, 3.8) is 0 Å². The van der Waals surface area contributed by atoms with Gasteiger partial charge in [0.25, 0.3) is 23.6 Å². The van der Waals surface area contributed by atoms with Gasteiger partial charge in [0, 0.05) is 45.0 Å². The lowest BCUT2D eigenvalue weighted by Gasteiger charge is -2.09. The maximum atomic E-state index is 12.7. The number of amides is 4. The molecule has 0 radical (unpaired) electrons. The summed E-state index contributed by atoms with van der Waals surface area (Å²) in [5.41, 5.74) is 4.10. The highest BCUT2D eigenvalue weighted by molar-refractivity contribution is 6.08. The first-order valence-corrected chi connectivity index (χ1v) is 13.1. The highest BCUT2D eigenvalue weighted by atomic mass is 16.2. The molecule has 4 N–H and O–H groups in total. The highest BCUT2D eigenvalue weighted by Crippen LogP contribution is 2.17. The van der Waals surface area contributed by atoms with Crippen LogP contribution in [0.25, 0.3) is 0 Å². The Morgan fingerprint density at radius 1 is 0.286 bits per heavy atom. The third-order valence-electron chi connectivity index (χ3n) is 6.28. The van der Waals surface area contributed by atoms with Crippen LogP contribution in [0.15, 0.2) is 133 Å². The van der Waals surface area contributed by atoms with Crippen molar-refractivity contribution < 1.29 is 19.2 Å². The number of hydrogen-bond acceptors (Lipinski definition) is 4. The minimum absolute atomic E-state index is 0.268. The van der Waals surface area contributed by atoms with Gasteiger partial charge in [0.2, 0.25) is 0 Å². The molecule has 0 saturated heterocycles. The molecule has 5 aromatic carbocycles. The van der Waals surface area contributed by atoms with Crippen molar-refractivity contribution in [1.29, 1.82) is 0 Å². The first-order valence-electron chi connectivity index (χ1n) is 13.1. The van der Waals surface area contributed by atoms with Gasteiger partial charge in [-0.05, 0) is 97.1 Å². The quantitative estimate of drug-likeness (QED) is 0.171.